The third-order valence-corrected chi connectivity index (χ3v) is 21.5. The van der Waals surface area contributed by atoms with Crippen molar-refractivity contribution in [3.8, 4) is 0 Å². The van der Waals surface area contributed by atoms with Crippen LogP contribution in [0.1, 0.15) is 374 Å². The molecule has 1 aliphatic carbocycles. The van der Waals surface area contributed by atoms with Crippen molar-refractivity contribution in [3.05, 3.63) is 60.8 Å². The Labute approximate surface area is 705 Å². The maximum absolute atomic E-state index is 12.8. The van der Waals surface area contributed by atoms with E-state index in [0.29, 0.717) is 32.1 Å². The van der Waals surface area contributed by atoms with Gasteiger partial charge in [-0.1, -0.05) is 320 Å². The normalized spacial score (nSPS) is 18.5. The summed E-state index contributed by atoms with van der Waals surface area (Å²) in [4.78, 5) is 72.7. The minimum atomic E-state index is -5.13. The SMILES string of the molecule is CCCCC/C=C\C/C=C\C/C=C\C/C=C\CCCC(=O)OC(COC(=O)CCCCCCCCCCCCCCCCC)COP(=O)(O)OC1C(O)C(O)C(O)C(O)C1O.CCCCCCCC/C=C/CCCCCCCC(=O)OC(COC(=O)CCCCCCCCCCCCCCC)COP(=O)([O-])OCC(O)CO.[Na+]. The van der Waals surface area contributed by atoms with Crippen LogP contribution in [0, 0.1) is 0 Å². The van der Waals surface area contributed by atoms with Gasteiger partial charge in [0.05, 0.1) is 26.4 Å². The number of unbranched alkanes of at least 4 members (excludes halogenated alkanes) is 41. The smallest absolute Gasteiger partial charge is 0.756 e. The average molecular weight is 1660 g/mol. The Morgan fingerprint density at radius 1 is 0.345 bits per heavy atom. The summed E-state index contributed by atoms with van der Waals surface area (Å²) in [5.74, 6) is -2.13. The van der Waals surface area contributed by atoms with Crippen molar-refractivity contribution in [2.75, 3.05) is 39.6 Å². The van der Waals surface area contributed by atoms with Gasteiger partial charge in [-0.05, 0) is 89.9 Å². The first-order valence-corrected chi connectivity index (χ1v) is 47.0. The van der Waals surface area contributed by atoms with Crippen molar-refractivity contribution in [2.24, 2.45) is 0 Å². The molecule has 656 valence electrons. The van der Waals surface area contributed by atoms with Crippen LogP contribution in [0.4, 0.5) is 0 Å². The fraction of sp³-hybridized carbons (Fsp3) is 0.839. The van der Waals surface area contributed by atoms with Crippen LogP contribution >= 0.6 is 15.6 Å². The zero-order valence-electron chi connectivity index (χ0n) is 71.0. The number of phosphoric acid groups is 2. The van der Waals surface area contributed by atoms with Gasteiger partial charge in [-0.15, -0.1) is 0 Å². The van der Waals surface area contributed by atoms with Gasteiger partial charge in [0.1, 0.15) is 55.9 Å². The molecule has 9 atom stereocenters. The van der Waals surface area contributed by atoms with E-state index in [1.54, 1.807) is 0 Å². The van der Waals surface area contributed by atoms with Gasteiger partial charge in [0.25, 0.3) is 7.82 Å². The maximum atomic E-state index is 12.8. The van der Waals surface area contributed by atoms with E-state index >= 15 is 0 Å². The summed E-state index contributed by atoms with van der Waals surface area (Å²) in [6.07, 6.45) is 63.2. The minimum absolute atomic E-state index is 0. The van der Waals surface area contributed by atoms with Gasteiger partial charge < -0.3 is 73.5 Å². The summed E-state index contributed by atoms with van der Waals surface area (Å²) in [6, 6.07) is 0. The van der Waals surface area contributed by atoms with Crippen LogP contribution in [0.5, 0.6) is 0 Å². The Kier molecular flexibility index (Phi) is 80.3. The molecule has 9 unspecified atom stereocenters. The molecule has 0 radical (unpaired) electrons. The molecule has 23 nitrogen and oxygen atoms in total. The molecule has 8 N–H and O–H groups in total. The molecule has 0 saturated heterocycles. The monoisotopic (exact) mass is 1660 g/mol. The predicted molar refractivity (Wildman–Crippen MR) is 443 cm³/mol. The summed E-state index contributed by atoms with van der Waals surface area (Å²) in [6.45, 7) is 5.42. The van der Waals surface area contributed by atoms with Gasteiger partial charge in [-0.2, -0.15) is 0 Å². The first-order chi connectivity index (χ1) is 54.2. The first kappa shape index (κ1) is 113. The third-order valence-electron chi connectivity index (χ3n) is 19.6. The summed E-state index contributed by atoms with van der Waals surface area (Å²) < 4.78 is 65.7. The van der Waals surface area contributed by atoms with Crippen molar-refractivity contribution in [2.45, 2.75) is 429 Å². The summed E-state index contributed by atoms with van der Waals surface area (Å²) in [7, 11) is -9.99. The van der Waals surface area contributed by atoms with Gasteiger partial charge in [0.15, 0.2) is 12.2 Å². The molecule has 0 aliphatic heterocycles. The zero-order valence-corrected chi connectivity index (χ0v) is 74.8. The van der Waals surface area contributed by atoms with Crippen LogP contribution in [0.25, 0.3) is 0 Å². The molecular weight excluding hydrogens is 1500 g/mol. The standard InChI is InChI=1S/C47H83O13P.C40H77O10P.Na/c1-3-5-7-9-11-13-15-17-19-20-22-24-26-28-30-32-34-36-41(49)59-39(38-58-61(55,56)60-47-45(53)43(51)42(50)44(52)46(47)54)37-57-40(48)35-33-31-29-27-25-23-21-18-16-14-12-10-8-6-4-2;1-3-5-7-9-11-13-15-17-18-20-22-24-26-28-30-32-40(44)50-38(36-49-51(45,46)48-34-37(42)33-41)35-47-39(43)31-29-27-25-23-21-19-16-14-12-10-8-6-4-2;/h11,13,17,19,22,24,28,30,39,42-47,50-54H,3-10,12,14-16,18,20-21,23,25-27,29,31-38H2,1-2H3,(H,55,56);17-18,37-38,41-42H,3-16,19-36H2,1-2H3,(H,45,46);/q;;+1/p-1/b13-11-,19-17-,24-22-,30-28-;18-17+;. The molecule has 0 aromatic carbocycles. The van der Waals surface area contributed by atoms with Gasteiger partial charge >= 0.3 is 61.3 Å². The van der Waals surface area contributed by atoms with Crippen LogP contribution < -0.4 is 34.5 Å². The molecule has 0 spiro atoms. The topological polar surface area (TPSA) is 361 Å². The molecule has 0 aromatic heterocycles. The third kappa shape index (κ3) is 72.1. The Morgan fingerprint density at radius 2 is 0.602 bits per heavy atom. The molecule has 1 aliphatic rings. The fourth-order valence-corrected chi connectivity index (χ4v) is 14.3. The van der Waals surface area contributed by atoms with E-state index in [0.717, 1.165) is 103 Å². The Balaban J connectivity index is 0. The van der Waals surface area contributed by atoms with Crippen molar-refractivity contribution < 1.29 is 140 Å². The van der Waals surface area contributed by atoms with Gasteiger partial charge in [0, 0.05) is 25.7 Å². The summed E-state index contributed by atoms with van der Waals surface area (Å²) in [5.41, 5.74) is 0. The van der Waals surface area contributed by atoms with Crippen LogP contribution in [0.15, 0.2) is 60.8 Å². The van der Waals surface area contributed by atoms with Crippen LogP contribution in [0.2, 0.25) is 0 Å². The Hall–Kier alpha value is -2.48. The molecule has 26 heteroatoms. The number of esters is 4. The molecular formula is C87H159NaO23P2. The minimum Gasteiger partial charge on any atom is -0.756 e. The zero-order chi connectivity index (χ0) is 82.7. The van der Waals surface area contributed by atoms with Crippen LogP contribution in [-0.2, 0) is 65.4 Å². The Morgan fingerprint density at radius 3 is 0.956 bits per heavy atom. The van der Waals surface area contributed by atoms with E-state index in [1.165, 1.54) is 186 Å². The second-order valence-electron chi connectivity index (χ2n) is 30.3. The van der Waals surface area contributed by atoms with Crippen LogP contribution in [0.3, 0.4) is 0 Å². The van der Waals surface area contributed by atoms with E-state index in [1.807, 2.05) is 12.2 Å². The van der Waals surface area contributed by atoms with Gasteiger partial charge in [-0.25, -0.2) is 4.57 Å². The molecule has 113 heavy (non-hydrogen) atoms. The molecule has 0 heterocycles. The van der Waals surface area contributed by atoms with E-state index in [-0.39, 0.29) is 61.8 Å². The molecule has 0 amide bonds. The summed E-state index contributed by atoms with van der Waals surface area (Å²) in [5, 5.41) is 68.4. The quantitative estimate of drug-likeness (QED) is 0.00700. The second kappa shape index (κ2) is 80.6. The number of allylic oxidation sites excluding steroid dienone is 10. The van der Waals surface area contributed by atoms with Crippen molar-refractivity contribution in [1.29, 1.82) is 0 Å². The van der Waals surface area contributed by atoms with E-state index in [2.05, 4.69) is 80.8 Å². The number of carbonyl (C=O) groups is 4. The molecule has 0 aromatic rings. The number of aliphatic hydroxyl groups excluding tert-OH is 7. The molecule has 0 bridgehead atoms. The summed E-state index contributed by atoms with van der Waals surface area (Å²) >= 11 is 0. The predicted octanol–water partition coefficient (Wildman–Crippen LogP) is 16.0. The molecule has 1 fully saturated rings. The number of carbonyl (C=O) groups excluding carboxylic acids is 4. The van der Waals surface area contributed by atoms with E-state index in [4.69, 9.17) is 37.6 Å². The Bertz CT molecular complexity index is 2450. The number of aliphatic hydroxyl groups is 7. The largest absolute Gasteiger partial charge is 1.00 e. The average Bonchev–Trinajstić information content (AvgIpc) is 0.791. The number of phosphoric ester groups is 2. The van der Waals surface area contributed by atoms with Gasteiger partial charge in [-0.3, -0.25) is 32.8 Å². The number of hydrogen-bond acceptors (Lipinski definition) is 22. The molecule has 1 rings (SSSR count). The fourth-order valence-electron chi connectivity index (χ4n) is 12.6. The maximum Gasteiger partial charge on any atom is 1.00 e. The number of ether oxygens (including phenoxy) is 4. The van der Waals surface area contributed by atoms with Gasteiger partial charge in [0.2, 0.25) is 0 Å². The number of hydrogen-bond donors (Lipinski definition) is 8. The van der Waals surface area contributed by atoms with Crippen molar-refractivity contribution in [3.63, 3.8) is 0 Å². The van der Waals surface area contributed by atoms with Crippen LogP contribution in [-0.4, -0.2) is 159 Å². The van der Waals surface area contributed by atoms with E-state index < -0.39 is 127 Å². The second-order valence-corrected chi connectivity index (χ2v) is 33.1. The van der Waals surface area contributed by atoms with Crippen molar-refractivity contribution >= 4 is 39.5 Å². The van der Waals surface area contributed by atoms with E-state index in [9.17, 15) is 68.7 Å². The van der Waals surface area contributed by atoms with Crippen molar-refractivity contribution in [1.82, 2.24) is 0 Å². The molecule has 1 saturated carbocycles. The number of rotatable bonds is 77. The first-order valence-electron chi connectivity index (χ1n) is 44.1.